The third kappa shape index (κ3) is 3.52. The first-order valence-corrected chi connectivity index (χ1v) is 7.88. The zero-order chi connectivity index (χ0) is 14.4. The van der Waals surface area contributed by atoms with Crippen molar-refractivity contribution in [3.63, 3.8) is 0 Å². The van der Waals surface area contributed by atoms with Crippen LogP contribution >= 0.6 is 0 Å². The number of nitrogens with zero attached hydrogens (tertiary/aromatic N) is 3. The van der Waals surface area contributed by atoms with Crippen molar-refractivity contribution < 1.29 is 0 Å². The highest BCUT2D eigenvalue weighted by molar-refractivity contribution is 5.75. The lowest BCUT2D eigenvalue weighted by Gasteiger charge is -2.24. The van der Waals surface area contributed by atoms with Gasteiger partial charge < -0.3 is 16.0 Å². The smallest absolute Gasteiger partial charge is 0.157 e. The van der Waals surface area contributed by atoms with E-state index in [1.54, 1.807) is 6.33 Å². The van der Waals surface area contributed by atoms with E-state index in [4.69, 9.17) is 5.73 Å². The molecule has 0 aromatic carbocycles. The average Bonchev–Trinajstić information content (AvgIpc) is 2.73. The van der Waals surface area contributed by atoms with Crippen molar-refractivity contribution in [3.8, 4) is 0 Å². The monoisotopic (exact) mass is 277 g/mol. The van der Waals surface area contributed by atoms with E-state index in [-0.39, 0.29) is 0 Å². The maximum Gasteiger partial charge on any atom is 0.157 e. The molecule has 0 amide bonds. The fourth-order valence-corrected chi connectivity index (χ4v) is 2.89. The van der Waals surface area contributed by atoms with Crippen LogP contribution in [0.25, 0.3) is 0 Å². The second-order valence-electron chi connectivity index (χ2n) is 5.46. The Labute approximate surface area is 122 Å². The van der Waals surface area contributed by atoms with Gasteiger partial charge in [0.25, 0.3) is 0 Å². The van der Waals surface area contributed by atoms with E-state index in [1.165, 1.54) is 38.5 Å². The minimum atomic E-state index is 0.499. The van der Waals surface area contributed by atoms with Crippen LogP contribution in [-0.2, 0) is 0 Å². The quantitative estimate of drug-likeness (QED) is 0.810. The largest absolute Gasteiger partial charge is 0.393 e. The zero-order valence-corrected chi connectivity index (χ0v) is 12.7. The first-order chi connectivity index (χ1) is 9.76. The highest BCUT2D eigenvalue weighted by Gasteiger charge is 2.17. The number of anilines is 3. The normalized spacial score (nSPS) is 16.7. The molecule has 1 heterocycles. The average molecular weight is 277 g/mol. The lowest BCUT2D eigenvalue weighted by Crippen LogP contribution is -2.26. The highest BCUT2D eigenvalue weighted by Crippen LogP contribution is 2.28. The first-order valence-electron chi connectivity index (χ1n) is 7.88. The Morgan fingerprint density at radius 2 is 1.80 bits per heavy atom. The summed E-state index contributed by atoms with van der Waals surface area (Å²) < 4.78 is 0. The molecule has 1 aliphatic rings. The van der Waals surface area contributed by atoms with E-state index in [2.05, 4.69) is 34.0 Å². The van der Waals surface area contributed by atoms with Crippen molar-refractivity contribution in [2.45, 2.75) is 58.4 Å². The van der Waals surface area contributed by atoms with Gasteiger partial charge in [0.2, 0.25) is 0 Å². The molecule has 0 radical (unpaired) electrons. The molecule has 1 fully saturated rings. The molecule has 2 rings (SSSR count). The van der Waals surface area contributed by atoms with Crippen LogP contribution in [0.2, 0.25) is 0 Å². The minimum absolute atomic E-state index is 0.499. The van der Waals surface area contributed by atoms with E-state index >= 15 is 0 Å². The molecule has 5 nitrogen and oxygen atoms in total. The fourth-order valence-electron chi connectivity index (χ4n) is 2.89. The molecule has 3 N–H and O–H groups in total. The van der Waals surface area contributed by atoms with Crippen molar-refractivity contribution in [1.82, 2.24) is 9.97 Å². The van der Waals surface area contributed by atoms with Gasteiger partial charge in [-0.15, -0.1) is 0 Å². The molecule has 1 aliphatic carbocycles. The topological polar surface area (TPSA) is 67.1 Å². The Kier molecular flexibility index (Phi) is 5.44. The fraction of sp³-hybridized carbons (Fsp3) is 0.733. The molecule has 0 aliphatic heterocycles. The minimum Gasteiger partial charge on any atom is -0.393 e. The predicted molar refractivity (Wildman–Crippen MR) is 85.1 cm³/mol. The van der Waals surface area contributed by atoms with Crippen molar-refractivity contribution in [2.24, 2.45) is 0 Å². The highest BCUT2D eigenvalue weighted by atomic mass is 15.2. The van der Waals surface area contributed by atoms with E-state index < -0.39 is 0 Å². The Morgan fingerprint density at radius 3 is 2.40 bits per heavy atom. The summed E-state index contributed by atoms with van der Waals surface area (Å²) in [5.74, 6) is 1.65. The van der Waals surface area contributed by atoms with Gasteiger partial charge >= 0.3 is 0 Å². The number of aromatic nitrogens is 2. The Morgan fingerprint density at radius 1 is 1.15 bits per heavy atom. The third-order valence-electron chi connectivity index (χ3n) is 4.12. The van der Waals surface area contributed by atoms with E-state index in [0.29, 0.717) is 11.7 Å². The van der Waals surface area contributed by atoms with Gasteiger partial charge in [-0.05, 0) is 26.7 Å². The summed E-state index contributed by atoms with van der Waals surface area (Å²) in [6.45, 7) is 6.04. The number of hydrogen-bond donors (Lipinski definition) is 2. The summed E-state index contributed by atoms with van der Waals surface area (Å²) >= 11 is 0. The van der Waals surface area contributed by atoms with Gasteiger partial charge in [-0.2, -0.15) is 0 Å². The molecule has 1 aromatic rings. The van der Waals surface area contributed by atoms with Gasteiger partial charge in [-0.3, -0.25) is 0 Å². The number of nitrogens with two attached hydrogens (primary N) is 1. The molecule has 5 heteroatoms. The summed E-state index contributed by atoms with van der Waals surface area (Å²) in [5.41, 5.74) is 6.94. The van der Waals surface area contributed by atoms with Crippen LogP contribution < -0.4 is 16.0 Å². The molecule has 0 saturated heterocycles. The second-order valence-corrected chi connectivity index (χ2v) is 5.46. The van der Waals surface area contributed by atoms with E-state index in [0.717, 1.165) is 24.7 Å². The van der Waals surface area contributed by atoms with Gasteiger partial charge in [0, 0.05) is 19.1 Å². The zero-order valence-electron chi connectivity index (χ0n) is 12.7. The lowest BCUT2D eigenvalue weighted by atomic mass is 10.1. The molecule has 20 heavy (non-hydrogen) atoms. The van der Waals surface area contributed by atoms with E-state index in [9.17, 15) is 0 Å². The molecular formula is C15H27N5. The van der Waals surface area contributed by atoms with Gasteiger partial charge in [0.05, 0.1) is 0 Å². The number of nitrogen functional groups attached to an aromatic ring is 1. The molecule has 0 unspecified atom stereocenters. The Balaban J connectivity index is 2.13. The standard InChI is InChI=1S/C15H27N5/c1-3-20(4-2)15-13(16)14(17-11-18-15)19-12-9-7-5-6-8-10-12/h11-12H,3-10,16H2,1-2H3,(H,17,18,19). The molecule has 1 saturated carbocycles. The number of rotatable bonds is 5. The maximum atomic E-state index is 6.26. The summed E-state index contributed by atoms with van der Waals surface area (Å²) in [5, 5.41) is 3.53. The van der Waals surface area contributed by atoms with Crippen LogP contribution in [0.4, 0.5) is 17.3 Å². The van der Waals surface area contributed by atoms with Crippen LogP contribution in [0.5, 0.6) is 0 Å². The van der Waals surface area contributed by atoms with Crippen molar-refractivity contribution in [2.75, 3.05) is 29.0 Å². The van der Waals surface area contributed by atoms with E-state index in [1.807, 2.05) is 0 Å². The third-order valence-corrected chi connectivity index (χ3v) is 4.12. The van der Waals surface area contributed by atoms with Gasteiger partial charge in [0.1, 0.15) is 12.0 Å². The first kappa shape index (κ1) is 14.9. The number of nitrogens with one attached hydrogen (secondary N) is 1. The summed E-state index contributed by atoms with van der Waals surface area (Å²) in [4.78, 5) is 10.8. The molecule has 0 atom stereocenters. The summed E-state index contributed by atoms with van der Waals surface area (Å²) in [6, 6.07) is 0.499. The van der Waals surface area contributed by atoms with Crippen molar-refractivity contribution in [3.05, 3.63) is 6.33 Å². The molecule has 0 bridgehead atoms. The van der Waals surface area contributed by atoms with Gasteiger partial charge in [0.15, 0.2) is 11.6 Å². The van der Waals surface area contributed by atoms with Gasteiger partial charge in [-0.1, -0.05) is 25.7 Å². The van der Waals surface area contributed by atoms with Crippen LogP contribution in [0, 0.1) is 0 Å². The van der Waals surface area contributed by atoms with Gasteiger partial charge in [-0.25, -0.2) is 9.97 Å². The van der Waals surface area contributed by atoms with Crippen LogP contribution in [0.3, 0.4) is 0 Å². The van der Waals surface area contributed by atoms with Crippen LogP contribution in [0.1, 0.15) is 52.4 Å². The van der Waals surface area contributed by atoms with Crippen LogP contribution in [0.15, 0.2) is 6.33 Å². The lowest BCUT2D eigenvalue weighted by molar-refractivity contribution is 0.617. The Bertz CT molecular complexity index is 409. The SMILES string of the molecule is CCN(CC)c1ncnc(NC2CCCCCC2)c1N. The van der Waals surface area contributed by atoms with Crippen molar-refractivity contribution in [1.29, 1.82) is 0 Å². The summed E-state index contributed by atoms with van der Waals surface area (Å²) in [6.07, 6.45) is 9.33. The molecule has 0 spiro atoms. The van der Waals surface area contributed by atoms with Crippen molar-refractivity contribution >= 4 is 17.3 Å². The molecule has 112 valence electrons. The maximum absolute atomic E-state index is 6.26. The molecular weight excluding hydrogens is 250 g/mol. The van der Waals surface area contributed by atoms with Crippen LogP contribution in [-0.4, -0.2) is 29.1 Å². The summed E-state index contributed by atoms with van der Waals surface area (Å²) in [7, 11) is 0. The molecule has 1 aromatic heterocycles. The Hall–Kier alpha value is -1.52. The predicted octanol–water partition coefficient (Wildman–Crippen LogP) is 3.04. The number of hydrogen-bond acceptors (Lipinski definition) is 5. The second kappa shape index (κ2) is 7.31.